The van der Waals surface area contributed by atoms with Crippen LogP contribution >= 0.6 is 0 Å². The summed E-state index contributed by atoms with van der Waals surface area (Å²) < 4.78 is 26.4. The van der Waals surface area contributed by atoms with Crippen molar-refractivity contribution < 1.29 is 8.78 Å². The van der Waals surface area contributed by atoms with Gasteiger partial charge in [0.05, 0.1) is 6.67 Å². The van der Waals surface area contributed by atoms with Crippen molar-refractivity contribution in [2.45, 2.75) is 19.4 Å². The van der Waals surface area contributed by atoms with E-state index in [4.69, 9.17) is 0 Å². The highest BCUT2D eigenvalue weighted by Crippen LogP contribution is 2.28. The van der Waals surface area contributed by atoms with Gasteiger partial charge in [-0.05, 0) is 30.5 Å². The Hall–Kier alpha value is -1.00. The number of halogens is 2. The summed E-state index contributed by atoms with van der Waals surface area (Å²) in [5, 5.41) is 3.28. The molecule has 1 fully saturated rings. The molecule has 1 aliphatic heterocycles. The fourth-order valence-corrected chi connectivity index (χ4v) is 2.62. The molecule has 1 aromatic rings. The molecule has 0 unspecified atom stereocenters. The van der Waals surface area contributed by atoms with Gasteiger partial charge in [-0.3, -0.25) is 9.29 Å². The molecule has 18 heavy (non-hydrogen) atoms. The van der Waals surface area contributed by atoms with Crippen LogP contribution in [-0.2, 0) is 0 Å². The minimum atomic E-state index is -0.370. The number of hydrogen-bond donors (Lipinski definition) is 1. The van der Waals surface area contributed by atoms with Crippen LogP contribution in [0.5, 0.6) is 0 Å². The van der Waals surface area contributed by atoms with E-state index in [-0.39, 0.29) is 18.5 Å². The number of benzene rings is 1. The summed E-state index contributed by atoms with van der Waals surface area (Å²) in [4.78, 5) is 2.25. The van der Waals surface area contributed by atoms with Gasteiger partial charge in [-0.1, -0.05) is 12.1 Å². The Kier molecular flexibility index (Phi) is 4.66. The van der Waals surface area contributed by atoms with Crippen molar-refractivity contribution >= 4 is 0 Å². The SMILES string of the molecule is Cc1c(F)cccc1[C@H](CCF)N1CCNCC1. The van der Waals surface area contributed by atoms with E-state index in [2.05, 4.69) is 10.2 Å². The van der Waals surface area contributed by atoms with Gasteiger partial charge >= 0.3 is 0 Å². The third kappa shape index (κ3) is 2.87. The molecule has 0 bridgehead atoms. The van der Waals surface area contributed by atoms with Gasteiger partial charge in [-0.15, -0.1) is 0 Å². The Labute approximate surface area is 107 Å². The quantitative estimate of drug-likeness (QED) is 0.888. The van der Waals surface area contributed by atoms with Crippen LogP contribution in [0, 0.1) is 12.7 Å². The highest BCUT2D eigenvalue weighted by Gasteiger charge is 2.23. The maximum Gasteiger partial charge on any atom is 0.126 e. The van der Waals surface area contributed by atoms with E-state index in [0.717, 1.165) is 31.7 Å². The zero-order valence-electron chi connectivity index (χ0n) is 10.8. The van der Waals surface area contributed by atoms with E-state index in [1.54, 1.807) is 13.0 Å². The van der Waals surface area contributed by atoms with Crippen LogP contribution in [0.4, 0.5) is 8.78 Å². The first-order valence-corrected chi connectivity index (χ1v) is 6.49. The molecule has 0 aromatic heterocycles. The number of rotatable bonds is 4. The first-order chi connectivity index (χ1) is 8.74. The van der Waals surface area contributed by atoms with Crippen molar-refractivity contribution in [3.63, 3.8) is 0 Å². The molecule has 0 aliphatic carbocycles. The summed E-state index contributed by atoms with van der Waals surface area (Å²) in [5.74, 6) is -0.202. The molecular formula is C14H20F2N2. The highest BCUT2D eigenvalue weighted by atomic mass is 19.1. The Balaban J connectivity index is 2.25. The van der Waals surface area contributed by atoms with E-state index in [9.17, 15) is 8.78 Å². The van der Waals surface area contributed by atoms with Crippen LogP contribution in [0.3, 0.4) is 0 Å². The molecule has 2 rings (SSSR count). The third-order valence-corrected chi connectivity index (χ3v) is 3.64. The topological polar surface area (TPSA) is 15.3 Å². The second kappa shape index (κ2) is 6.25. The maximum absolute atomic E-state index is 13.6. The molecule has 0 amide bonds. The number of hydrogen-bond acceptors (Lipinski definition) is 2. The van der Waals surface area contributed by atoms with Crippen molar-refractivity contribution in [1.82, 2.24) is 10.2 Å². The van der Waals surface area contributed by atoms with Gasteiger partial charge in [-0.25, -0.2) is 4.39 Å². The summed E-state index contributed by atoms with van der Waals surface area (Å²) in [5.41, 5.74) is 1.57. The van der Waals surface area contributed by atoms with Crippen LogP contribution in [0.2, 0.25) is 0 Å². The molecule has 0 spiro atoms. The fourth-order valence-electron chi connectivity index (χ4n) is 2.62. The van der Waals surface area contributed by atoms with E-state index in [0.29, 0.717) is 12.0 Å². The second-order valence-corrected chi connectivity index (χ2v) is 4.73. The highest BCUT2D eigenvalue weighted by molar-refractivity contribution is 5.30. The van der Waals surface area contributed by atoms with Gasteiger partial charge in [0.25, 0.3) is 0 Å². The molecular weight excluding hydrogens is 234 g/mol. The van der Waals surface area contributed by atoms with Crippen molar-refractivity contribution in [1.29, 1.82) is 0 Å². The molecule has 1 aliphatic rings. The summed E-state index contributed by atoms with van der Waals surface area (Å²) >= 11 is 0. The van der Waals surface area contributed by atoms with E-state index >= 15 is 0 Å². The smallest absolute Gasteiger partial charge is 0.126 e. The average Bonchev–Trinajstić information content (AvgIpc) is 2.41. The summed E-state index contributed by atoms with van der Waals surface area (Å²) in [6.07, 6.45) is 0.435. The van der Waals surface area contributed by atoms with Crippen LogP contribution in [0.25, 0.3) is 0 Å². The number of nitrogens with one attached hydrogen (secondary N) is 1. The first-order valence-electron chi connectivity index (χ1n) is 6.49. The van der Waals surface area contributed by atoms with Crippen molar-refractivity contribution in [3.05, 3.63) is 35.1 Å². The number of piperazine rings is 1. The monoisotopic (exact) mass is 254 g/mol. The van der Waals surface area contributed by atoms with Gasteiger partial charge in [-0.2, -0.15) is 0 Å². The lowest BCUT2D eigenvalue weighted by Crippen LogP contribution is -2.45. The zero-order chi connectivity index (χ0) is 13.0. The fraction of sp³-hybridized carbons (Fsp3) is 0.571. The average molecular weight is 254 g/mol. The van der Waals surface area contributed by atoms with Gasteiger partial charge in [0.1, 0.15) is 5.82 Å². The Morgan fingerprint density at radius 1 is 1.33 bits per heavy atom. The molecule has 0 radical (unpaired) electrons. The zero-order valence-corrected chi connectivity index (χ0v) is 10.8. The molecule has 1 aromatic carbocycles. The normalized spacial score (nSPS) is 18.8. The minimum absolute atomic E-state index is 0.00667. The predicted octanol–water partition coefficient (Wildman–Crippen LogP) is 2.44. The summed E-state index contributed by atoms with van der Waals surface area (Å²) in [6.45, 7) is 5.01. The van der Waals surface area contributed by atoms with Crippen LogP contribution in [0.1, 0.15) is 23.6 Å². The number of nitrogens with zero attached hydrogens (tertiary/aromatic N) is 1. The van der Waals surface area contributed by atoms with Gasteiger partial charge < -0.3 is 5.32 Å². The summed E-state index contributed by atoms with van der Waals surface area (Å²) in [6, 6.07) is 5.09. The van der Waals surface area contributed by atoms with E-state index < -0.39 is 0 Å². The Bertz CT molecular complexity index is 389. The molecule has 4 heteroatoms. The number of alkyl halides is 1. The van der Waals surface area contributed by atoms with E-state index in [1.165, 1.54) is 6.07 Å². The molecule has 100 valence electrons. The Morgan fingerprint density at radius 2 is 2.06 bits per heavy atom. The summed E-state index contributed by atoms with van der Waals surface area (Å²) in [7, 11) is 0. The maximum atomic E-state index is 13.6. The molecule has 1 N–H and O–H groups in total. The lowest BCUT2D eigenvalue weighted by atomic mass is 9.97. The van der Waals surface area contributed by atoms with Crippen molar-refractivity contribution in [2.24, 2.45) is 0 Å². The predicted molar refractivity (Wildman–Crippen MR) is 68.9 cm³/mol. The van der Waals surface area contributed by atoms with E-state index in [1.807, 2.05) is 6.07 Å². The van der Waals surface area contributed by atoms with Crippen molar-refractivity contribution in [2.75, 3.05) is 32.9 Å². The van der Waals surface area contributed by atoms with Gasteiger partial charge in [0, 0.05) is 32.2 Å². The lowest BCUT2D eigenvalue weighted by Gasteiger charge is -2.35. The molecule has 1 heterocycles. The minimum Gasteiger partial charge on any atom is -0.314 e. The molecule has 2 nitrogen and oxygen atoms in total. The molecule has 0 saturated carbocycles. The van der Waals surface area contributed by atoms with Crippen LogP contribution in [0.15, 0.2) is 18.2 Å². The van der Waals surface area contributed by atoms with Gasteiger partial charge in [0.15, 0.2) is 0 Å². The third-order valence-electron chi connectivity index (χ3n) is 3.64. The van der Waals surface area contributed by atoms with Crippen LogP contribution < -0.4 is 5.32 Å². The Morgan fingerprint density at radius 3 is 2.72 bits per heavy atom. The molecule has 1 atom stereocenters. The van der Waals surface area contributed by atoms with Crippen LogP contribution in [-0.4, -0.2) is 37.8 Å². The largest absolute Gasteiger partial charge is 0.314 e. The lowest BCUT2D eigenvalue weighted by molar-refractivity contribution is 0.156. The molecule has 1 saturated heterocycles. The second-order valence-electron chi connectivity index (χ2n) is 4.73. The van der Waals surface area contributed by atoms with Gasteiger partial charge in [0.2, 0.25) is 0 Å². The first kappa shape index (κ1) is 13.4. The van der Waals surface area contributed by atoms with Crippen molar-refractivity contribution in [3.8, 4) is 0 Å². The standard InChI is InChI=1S/C14H20F2N2/c1-11-12(3-2-4-13(11)16)14(5-6-15)18-9-7-17-8-10-18/h2-4,14,17H,5-10H2,1H3/t14-/m0/s1.